The van der Waals surface area contributed by atoms with Crippen molar-refractivity contribution < 1.29 is 9.59 Å². The number of hydrogen-bond acceptors (Lipinski definition) is 6. The summed E-state index contributed by atoms with van der Waals surface area (Å²) < 4.78 is -0.380. The summed E-state index contributed by atoms with van der Waals surface area (Å²) in [5, 5.41) is 18.1. The Balaban J connectivity index is 0. The van der Waals surface area contributed by atoms with Crippen LogP contribution in [0.15, 0.2) is 48.5 Å². The molecule has 1 heterocycles. The van der Waals surface area contributed by atoms with Crippen molar-refractivity contribution in [3.8, 4) is 0 Å². The number of carbonyl (C=O) groups is 2. The first-order valence-electron chi connectivity index (χ1n) is 13.3. The van der Waals surface area contributed by atoms with Gasteiger partial charge in [0, 0.05) is 31.5 Å². The lowest BCUT2D eigenvalue weighted by molar-refractivity contribution is -0.106. The van der Waals surface area contributed by atoms with Gasteiger partial charge in [0.1, 0.15) is 18.8 Å². The largest absolute Gasteiger partial charge is 0.628 e. The van der Waals surface area contributed by atoms with Crippen molar-refractivity contribution in [1.29, 1.82) is 0 Å². The summed E-state index contributed by atoms with van der Waals surface area (Å²) in [7, 11) is 9.05. The fraction of sp³-hybridized carbons (Fsp3) is 0.484. The highest BCUT2D eigenvalue weighted by Crippen LogP contribution is 2.34. The van der Waals surface area contributed by atoms with Crippen molar-refractivity contribution in [2.45, 2.75) is 53.4 Å². The third-order valence-corrected chi connectivity index (χ3v) is 5.90. The molecule has 38 heavy (non-hydrogen) atoms. The van der Waals surface area contributed by atoms with Crippen LogP contribution in [-0.2, 0) is 9.59 Å². The van der Waals surface area contributed by atoms with Crippen LogP contribution in [0.3, 0.4) is 0 Å². The number of nitrogens with one attached hydrogen (secondary N) is 2. The van der Waals surface area contributed by atoms with Gasteiger partial charge >= 0.3 is 0 Å². The van der Waals surface area contributed by atoms with Crippen molar-refractivity contribution in [3.63, 3.8) is 0 Å². The maximum Gasteiger partial charge on any atom is 0.132 e. The number of hydroxylamine groups is 2. The molecule has 0 bridgehead atoms. The molecule has 7 nitrogen and oxygen atoms in total. The molecule has 0 aromatic heterocycles. The predicted octanol–water partition coefficient (Wildman–Crippen LogP) is 6.22. The van der Waals surface area contributed by atoms with Gasteiger partial charge in [0.05, 0.1) is 14.1 Å². The molecule has 0 aliphatic carbocycles. The zero-order valence-corrected chi connectivity index (χ0v) is 25.4. The molecule has 0 saturated carbocycles. The van der Waals surface area contributed by atoms with Gasteiger partial charge in [-0.1, -0.05) is 44.2 Å². The second-order valence-corrected chi connectivity index (χ2v) is 8.89. The summed E-state index contributed by atoms with van der Waals surface area (Å²) >= 11 is 0. The molecule has 0 radical (unpaired) electrons. The summed E-state index contributed by atoms with van der Waals surface area (Å²) in [6.07, 6.45) is 5.25. The first kappa shape index (κ1) is 37.2. The van der Waals surface area contributed by atoms with Gasteiger partial charge in [-0.25, -0.2) is 0 Å². The number of nitrogens with zero attached hydrogens (tertiary/aromatic N) is 2. The van der Waals surface area contributed by atoms with E-state index in [9.17, 15) is 5.21 Å². The van der Waals surface area contributed by atoms with Gasteiger partial charge < -0.3 is 35.0 Å². The molecule has 214 valence electrons. The number of piperidine rings is 1. The highest BCUT2D eigenvalue weighted by molar-refractivity contribution is 5.69. The van der Waals surface area contributed by atoms with Crippen LogP contribution in [0, 0.1) is 12.1 Å². The van der Waals surface area contributed by atoms with Gasteiger partial charge in [-0.2, -0.15) is 0 Å². The van der Waals surface area contributed by atoms with E-state index in [1.54, 1.807) is 14.1 Å². The lowest BCUT2D eigenvalue weighted by Gasteiger charge is -2.36. The molecule has 3 rings (SSSR count). The van der Waals surface area contributed by atoms with E-state index in [-0.39, 0.29) is 4.65 Å². The number of likely N-dealkylation sites (tertiary alicyclic amines) is 1. The van der Waals surface area contributed by atoms with Crippen LogP contribution in [0.25, 0.3) is 5.70 Å². The molecule has 2 aromatic carbocycles. The number of quaternary nitrogens is 1. The van der Waals surface area contributed by atoms with E-state index in [1.165, 1.54) is 35.0 Å². The Kier molecular flexibility index (Phi) is 20.5. The standard InChI is InChI=1S/C24H33N3O.C2H7N.C2H4O.C2H6.CH2O/c1-6-24(21-8-7-18(2)23(17-21)25-3)26-15-13-20(14-16-26)19-9-11-22(12-10-19)27(4,5)28;1-3-2;1-2-3;2*1-2/h6-12,17,20,25H,13-16H2,1-5H3;3H,1-2H3;2H,1H3;1-2H3;1H2/b24-6+;;;;. The molecular weight excluding hydrogens is 476 g/mol. The number of rotatable bonds is 5. The zero-order valence-electron chi connectivity index (χ0n) is 25.4. The van der Waals surface area contributed by atoms with E-state index in [1.807, 2.05) is 53.9 Å². The molecule has 1 saturated heterocycles. The Morgan fingerprint density at radius 1 is 1.00 bits per heavy atom. The minimum absolute atomic E-state index is 0.380. The molecular formula is C31H52N4O3. The van der Waals surface area contributed by atoms with Crippen molar-refractivity contribution in [2.75, 3.05) is 53.6 Å². The molecule has 2 N–H and O–H groups in total. The van der Waals surface area contributed by atoms with Crippen LogP contribution in [0.1, 0.15) is 63.1 Å². The molecule has 7 heteroatoms. The van der Waals surface area contributed by atoms with Crippen LogP contribution in [0.2, 0.25) is 0 Å². The van der Waals surface area contributed by atoms with Crippen molar-refractivity contribution in [3.05, 3.63) is 70.4 Å². The maximum absolute atomic E-state index is 12.1. The summed E-state index contributed by atoms with van der Waals surface area (Å²) in [6, 6.07) is 14.9. The second-order valence-electron chi connectivity index (χ2n) is 8.89. The lowest BCUT2D eigenvalue weighted by atomic mass is 9.88. The first-order valence-corrected chi connectivity index (χ1v) is 13.3. The Bertz CT molecular complexity index is 914. The fourth-order valence-electron chi connectivity index (χ4n) is 4.14. The number of hydrogen-bond donors (Lipinski definition) is 2. The van der Waals surface area contributed by atoms with Gasteiger partial charge in [0.2, 0.25) is 0 Å². The molecule has 0 atom stereocenters. The molecule has 0 unspecified atom stereocenters. The summed E-state index contributed by atoms with van der Waals surface area (Å²) in [5.41, 5.74) is 7.20. The first-order chi connectivity index (χ1) is 18.2. The van der Waals surface area contributed by atoms with Crippen LogP contribution in [0.5, 0.6) is 0 Å². The van der Waals surface area contributed by atoms with Crippen molar-refractivity contribution in [2.24, 2.45) is 0 Å². The molecule has 2 aromatic rings. The van der Waals surface area contributed by atoms with E-state index >= 15 is 0 Å². The van der Waals surface area contributed by atoms with Crippen LogP contribution < -0.4 is 15.3 Å². The topological polar surface area (TPSA) is 84.5 Å². The highest BCUT2D eigenvalue weighted by Gasteiger charge is 2.23. The SMILES string of the molecule is C/C=C(\c1ccc(C)c(NC)c1)N1CCC(c2ccc([N+](C)(C)[O-])cc2)CC1.C=O.CC.CC=O.CNC. The zero-order chi connectivity index (χ0) is 29.7. The minimum Gasteiger partial charge on any atom is -0.628 e. The van der Waals surface area contributed by atoms with E-state index in [0.717, 1.165) is 37.9 Å². The van der Waals surface area contributed by atoms with Gasteiger partial charge in [0.15, 0.2) is 0 Å². The van der Waals surface area contributed by atoms with Crippen LogP contribution in [0.4, 0.5) is 11.4 Å². The van der Waals surface area contributed by atoms with Crippen molar-refractivity contribution in [1.82, 2.24) is 14.9 Å². The number of carbonyl (C=O) groups excluding carboxylic acids is 2. The third kappa shape index (κ3) is 12.5. The van der Waals surface area contributed by atoms with Crippen LogP contribution >= 0.6 is 0 Å². The Morgan fingerprint density at radius 2 is 1.47 bits per heavy atom. The van der Waals surface area contributed by atoms with Crippen LogP contribution in [-0.4, -0.2) is 66.3 Å². The summed E-state index contributed by atoms with van der Waals surface area (Å²) in [6.45, 7) is 13.8. The molecule has 1 aliphatic rings. The number of anilines is 1. The minimum atomic E-state index is -0.380. The Morgan fingerprint density at radius 3 is 1.87 bits per heavy atom. The molecule has 1 aliphatic heterocycles. The predicted molar refractivity (Wildman–Crippen MR) is 167 cm³/mol. The van der Waals surface area contributed by atoms with Crippen molar-refractivity contribution >= 4 is 30.1 Å². The number of benzene rings is 2. The quantitative estimate of drug-likeness (QED) is 0.272. The average Bonchev–Trinajstić information content (AvgIpc) is 2.93. The number of aryl methyl sites for hydroxylation is 1. The van der Waals surface area contributed by atoms with E-state index < -0.39 is 0 Å². The summed E-state index contributed by atoms with van der Waals surface area (Å²) in [4.78, 5) is 19.3. The lowest BCUT2D eigenvalue weighted by Crippen LogP contribution is -2.33. The fourth-order valence-corrected chi connectivity index (χ4v) is 4.14. The average molecular weight is 529 g/mol. The van der Waals surface area contributed by atoms with E-state index in [4.69, 9.17) is 9.59 Å². The van der Waals surface area contributed by atoms with Gasteiger partial charge in [-0.15, -0.1) is 0 Å². The normalized spacial score (nSPS) is 13.1. The molecule has 1 fully saturated rings. The van der Waals surface area contributed by atoms with E-state index in [2.05, 4.69) is 65.8 Å². The van der Waals surface area contributed by atoms with Gasteiger partial charge in [-0.05, 0) is 88.5 Å². The van der Waals surface area contributed by atoms with Gasteiger partial charge in [-0.3, -0.25) is 0 Å². The smallest absolute Gasteiger partial charge is 0.132 e. The molecule has 0 spiro atoms. The highest BCUT2D eigenvalue weighted by atomic mass is 16.5. The molecule has 0 amide bonds. The third-order valence-electron chi connectivity index (χ3n) is 5.90. The van der Waals surface area contributed by atoms with Gasteiger partial charge in [0.25, 0.3) is 0 Å². The Labute approximate surface area is 232 Å². The number of aldehydes is 1. The second kappa shape index (κ2) is 21.0. The monoisotopic (exact) mass is 528 g/mol. The number of allylic oxidation sites excluding steroid dienone is 1. The van der Waals surface area contributed by atoms with E-state index in [0.29, 0.717) is 5.92 Å². The summed E-state index contributed by atoms with van der Waals surface area (Å²) in [5.74, 6) is 0.566. The Hall–Kier alpha value is -3.00. The maximum atomic E-state index is 12.1.